The van der Waals surface area contributed by atoms with E-state index in [0.717, 1.165) is 22.2 Å². The van der Waals surface area contributed by atoms with Crippen LogP contribution in [0.3, 0.4) is 0 Å². The first-order chi connectivity index (χ1) is 16.9. The maximum atomic E-state index is 13.8. The molecule has 0 bridgehead atoms. The number of nitrogens with zero attached hydrogens (tertiary/aromatic N) is 2. The molecule has 1 aliphatic heterocycles. The van der Waals surface area contributed by atoms with Gasteiger partial charge in [0.05, 0.1) is 23.1 Å². The van der Waals surface area contributed by atoms with Gasteiger partial charge in [-0.1, -0.05) is 17.7 Å². The molecular weight excluding hydrogens is 465 g/mol. The van der Waals surface area contributed by atoms with Gasteiger partial charge in [-0.25, -0.2) is 17.8 Å². The van der Waals surface area contributed by atoms with E-state index < -0.39 is 9.84 Å². The van der Waals surface area contributed by atoms with E-state index in [0.29, 0.717) is 37.6 Å². The van der Waals surface area contributed by atoms with Crippen molar-refractivity contribution in [1.29, 1.82) is 0 Å². The van der Waals surface area contributed by atoms with Crippen LogP contribution in [0.2, 0.25) is 0 Å². The lowest BCUT2D eigenvalue weighted by Crippen LogP contribution is -2.47. The number of sulfone groups is 1. The third-order valence-electron chi connectivity index (χ3n) is 6.48. The van der Waals surface area contributed by atoms with E-state index in [2.05, 4.69) is 14.8 Å². The minimum Gasteiger partial charge on any atom is -0.497 e. The molecule has 180 valence electrons. The summed E-state index contributed by atoms with van der Waals surface area (Å²) >= 11 is 0. The van der Waals surface area contributed by atoms with Crippen LogP contribution in [-0.4, -0.2) is 41.7 Å². The number of piperazine rings is 1. The van der Waals surface area contributed by atoms with Gasteiger partial charge in [0.15, 0.2) is 11.1 Å². The summed E-state index contributed by atoms with van der Waals surface area (Å²) in [5, 5.41) is 0.785. The first-order valence-electron chi connectivity index (χ1n) is 11.5. The number of pyridine rings is 1. The fraction of sp³-hybridized carbons (Fsp3) is 0.222. The summed E-state index contributed by atoms with van der Waals surface area (Å²) in [5.41, 5.74) is 3.43. The number of anilines is 2. The molecule has 0 aliphatic carbocycles. The number of nitrogens with one attached hydrogen (secondary N) is 1. The number of benzene rings is 3. The number of rotatable bonds is 5. The van der Waals surface area contributed by atoms with E-state index in [1.54, 1.807) is 37.6 Å². The third kappa shape index (κ3) is 4.41. The molecule has 5 rings (SSSR count). The van der Waals surface area contributed by atoms with Crippen LogP contribution >= 0.6 is 0 Å². The van der Waals surface area contributed by atoms with Crippen molar-refractivity contribution in [3.05, 3.63) is 84.3 Å². The topological polar surface area (TPSA) is 64.0 Å². The summed E-state index contributed by atoms with van der Waals surface area (Å²) in [7, 11) is -2.19. The molecule has 1 N–H and O–H groups in total. The Hall–Kier alpha value is -3.65. The Labute approximate surface area is 204 Å². The van der Waals surface area contributed by atoms with E-state index in [4.69, 9.17) is 4.74 Å². The Balaban J connectivity index is 1.58. The monoisotopic (exact) mass is 492 g/mol. The Bertz CT molecular complexity index is 1460. The zero-order valence-corrected chi connectivity index (χ0v) is 20.5. The van der Waals surface area contributed by atoms with Gasteiger partial charge in [-0.05, 0) is 55.5 Å². The van der Waals surface area contributed by atoms with Crippen LogP contribution in [0.5, 0.6) is 5.75 Å². The fourth-order valence-electron chi connectivity index (χ4n) is 4.53. The standard InChI is InChI=1S/C27H26FN3O3S/c1-19-3-10-23(11-4-19)35(32,33)26-18-29-25-12-9-22(34-2)17-24(25)27(26)31-15-13-30(14-16-31)21-7-5-20(28)6-8-21/h3-12,17-18H,13-16H2,1-2H3/p+1. The first-order valence-corrected chi connectivity index (χ1v) is 12.9. The normalized spacial score (nSPS) is 14.4. The Kier molecular flexibility index (Phi) is 6.06. The minimum absolute atomic E-state index is 0.234. The predicted octanol–water partition coefficient (Wildman–Crippen LogP) is 4.27. The van der Waals surface area contributed by atoms with Gasteiger partial charge in [-0.15, -0.1) is 0 Å². The van der Waals surface area contributed by atoms with Crippen molar-refractivity contribution >= 4 is 32.1 Å². The number of aromatic amines is 1. The van der Waals surface area contributed by atoms with E-state index in [1.807, 2.05) is 37.3 Å². The molecule has 35 heavy (non-hydrogen) atoms. The molecular formula is C27H27FN3O3S+. The molecule has 1 fully saturated rings. The highest BCUT2D eigenvalue weighted by atomic mass is 32.2. The SMILES string of the molecule is COc1ccc2[nH+]cc(S(=O)(=O)c3ccc(C)cc3)c(N3CCN(c4ccc(F)cc4)CC3)c2c1. The van der Waals surface area contributed by atoms with Gasteiger partial charge in [0.2, 0.25) is 15.4 Å². The molecule has 0 radical (unpaired) electrons. The van der Waals surface area contributed by atoms with Gasteiger partial charge in [-0.3, -0.25) is 0 Å². The van der Waals surface area contributed by atoms with Gasteiger partial charge in [0.1, 0.15) is 11.6 Å². The van der Waals surface area contributed by atoms with Crippen LogP contribution in [0.4, 0.5) is 15.8 Å². The van der Waals surface area contributed by atoms with E-state index in [9.17, 15) is 12.8 Å². The number of fused-ring (bicyclic) bond motifs is 1. The number of H-pyrrole nitrogens is 1. The van der Waals surface area contributed by atoms with Crippen LogP contribution in [0.1, 0.15) is 5.56 Å². The predicted molar refractivity (Wildman–Crippen MR) is 135 cm³/mol. The summed E-state index contributed by atoms with van der Waals surface area (Å²) < 4.78 is 46.4. The van der Waals surface area contributed by atoms with Crippen molar-refractivity contribution in [3.8, 4) is 5.75 Å². The number of halogens is 1. The minimum atomic E-state index is -3.79. The van der Waals surface area contributed by atoms with Crippen molar-refractivity contribution in [2.75, 3.05) is 43.1 Å². The second-order valence-electron chi connectivity index (χ2n) is 8.68. The quantitative estimate of drug-likeness (QED) is 0.416. The molecule has 0 saturated carbocycles. The molecule has 4 aromatic rings. The largest absolute Gasteiger partial charge is 0.497 e. The Morgan fingerprint density at radius 1 is 0.886 bits per heavy atom. The van der Waals surface area contributed by atoms with Crippen molar-refractivity contribution in [2.45, 2.75) is 16.7 Å². The summed E-state index contributed by atoms with van der Waals surface area (Å²) in [6.07, 6.45) is 1.59. The van der Waals surface area contributed by atoms with Gasteiger partial charge >= 0.3 is 0 Å². The maximum Gasteiger partial charge on any atom is 0.214 e. The van der Waals surface area contributed by atoms with E-state index in [-0.39, 0.29) is 15.6 Å². The molecule has 1 aliphatic rings. The second kappa shape index (κ2) is 9.19. The summed E-state index contributed by atoms with van der Waals surface area (Å²) in [5.74, 6) is 0.390. The molecule has 1 aromatic heterocycles. The lowest BCUT2D eigenvalue weighted by atomic mass is 10.1. The smallest absolute Gasteiger partial charge is 0.214 e. The summed E-state index contributed by atoms with van der Waals surface area (Å²) in [6, 6.07) is 19.0. The van der Waals surface area contributed by atoms with Gasteiger partial charge in [0, 0.05) is 37.9 Å². The number of hydrogen-bond acceptors (Lipinski definition) is 5. The van der Waals surface area contributed by atoms with E-state index in [1.165, 1.54) is 12.1 Å². The highest BCUT2D eigenvalue weighted by Crippen LogP contribution is 2.37. The number of aryl methyl sites for hydroxylation is 1. The van der Waals surface area contributed by atoms with Crippen molar-refractivity contribution in [3.63, 3.8) is 0 Å². The molecule has 0 atom stereocenters. The molecule has 1 saturated heterocycles. The van der Waals surface area contributed by atoms with Crippen molar-refractivity contribution < 1.29 is 22.5 Å². The van der Waals surface area contributed by atoms with Crippen LogP contribution < -0.4 is 19.5 Å². The molecule has 6 nitrogen and oxygen atoms in total. The molecule has 2 heterocycles. The lowest BCUT2D eigenvalue weighted by molar-refractivity contribution is -0.347. The van der Waals surface area contributed by atoms with Crippen molar-refractivity contribution in [1.82, 2.24) is 0 Å². The second-order valence-corrected chi connectivity index (χ2v) is 10.6. The van der Waals surface area contributed by atoms with Crippen LogP contribution in [0.25, 0.3) is 10.9 Å². The number of aromatic nitrogens is 1. The fourth-order valence-corrected chi connectivity index (χ4v) is 5.99. The number of ether oxygens (including phenoxy) is 1. The highest BCUT2D eigenvalue weighted by molar-refractivity contribution is 7.91. The van der Waals surface area contributed by atoms with E-state index >= 15 is 0 Å². The van der Waals surface area contributed by atoms with Gasteiger partial charge in [0.25, 0.3) is 0 Å². The molecule has 0 spiro atoms. The van der Waals surface area contributed by atoms with Crippen LogP contribution in [-0.2, 0) is 9.84 Å². The molecule has 3 aromatic carbocycles. The van der Waals surface area contributed by atoms with Crippen molar-refractivity contribution in [2.24, 2.45) is 0 Å². The molecule has 8 heteroatoms. The number of methoxy groups -OCH3 is 1. The average Bonchev–Trinajstić information content (AvgIpc) is 2.88. The molecule has 0 amide bonds. The van der Waals surface area contributed by atoms with Gasteiger partial charge in [-0.2, -0.15) is 0 Å². The van der Waals surface area contributed by atoms with Crippen LogP contribution in [0.15, 0.2) is 82.7 Å². The Morgan fingerprint density at radius 3 is 2.20 bits per heavy atom. The molecule has 0 unspecified atom stereocenters. The summed E-state index contributed by atoms with van der Waals surface area (Å²) in [6.45, 7) is 4.52. The zero-order valence-electron chi connectivity index (χ0n) is 19.7. The maximum absolute atomic E-state index is 13.8. The zero-order chi connectivity index (χ0) is 24.6. The Morgan fingerprint density at radius 2 is 1.54 bits per heavy atom. The lowest BCUT2D eigenvalue weighted by Gasteiger charge is -2.38. The number of hydrogen-bond donors (Lipinski definition) is 0. The van der Waals surface area contributed by atoms with Gasteiger partial charge < -0.3 is 14.5 Å². The highest BCUT2D eigenvalue weighted by Gasteiger charge is 2.31. The summed E-state index contributed by atoms with van der Waals surface area (Å²) in [4.78, 5) is 7.96. The van der Waals surface area contributed by atoms with Crippen LogP contribution in [0, 0.1) is 12.7 Å². The first kappa shape index (κ1) is 23.1. The third-order valence-corrected chi connectivity index (χ3v) is 8.27. The average molecular weight is 493 g/mol.